The highest BCUT2D eigenvalue weighted by atomic mass is 16.6. The second-order valence-electron chi connectivity index (χ2n) is 9.38. The third-order valence-corrected chi connectivity index (χ3v) is 5.61. The van der Waals surface area contributed by atoms with Crippen LogP contribution in [-0.4, -0.2) is 34.3 Å². The average molecular weight is 414 g/mol. The molecule has 164 valence electrons. The van der Waals surface area contributed by atoms with Crippen molar-refractivity contribution in [3.8, 4) is 0 Å². The van der Waals surface area contributed by atoms with Gasteiger partial charge in [0.15, 0.2) is 0 Å². The third kappa shape index (κ3) is 6.00. The van der Waals surface area contributed by atoms with Crippen molar-refractivity contribution in [2.24, 2.45) is 7.05 Å². The first-order chi connectivity index (χ1) is 14.2. The van der Waals surface area contributed by atoms with E-state index in [4.69, 9.17) is 4.74 Å². The molecule has 0 unspecified atom stereocenters. The first-order valence-corrected chi connectivity index (χ1v) is 11.1. The lowest BCUT2D eigenvalue weighted by Crippen LogP contribution is -2.51. The molecule has 6 heteroatoms. The van der Waals surface area contributed by atoms with Crippen LogP contribution < -0.4 is 10.6 Å². The molecule has 2 amide bonds. The molecule has 1 heterocycles. The topological polar surface area (TPSA) is 72.4 Å². The molecule has 6 nitrogen and oxygen atoms in total. The summed E-state index contributed by atoms with van der Waals surface area (Å²) in [7, 11) is 1.99. The maximum atomic E-state index is 13.2. The van der Waals surface area contributed by atoms with E-state index in [1.165, 1.54) is 12.8 Å². The van der Waals surface area contributed by atoms with Gasteiger partial charge in [-0.3, -0.25) is 4.79 Å². The highest BCUT2D eigenvalue weighted by Crippen LogP contribution is 2.22. The van der Waals surface area contributed by atoms with Crippen LogP contribution in [0.2, 0.25) is 0 Å². The maximum Gasteiger partial charge on any atom is 0.408 e. The molecule has 2 aromatic rings. The fourth-order valence-electron chi connectivity index (χ4n) is 4.19. The van der Waals surface area contributed by atoms with Gasteiger partial charge >= 0.3 is 6.09 Å². The molecule has 1 aromatic heterocycles. The minimum absolute atomic E-state index is 0.138. The summed E-state index contributed by atoms with van der Waals surface area (Å²) < 4.78 is 7.48. The summed E-state index contributed by atoms with van der Waals surface area (Å²) >= 11 is 0. The number of ether oxygens (including phenoxy) is 1. The quantitative estimate of drug-likeness (QED) is 0.711. The molecule has 1 saturated carbocycles. The molecule has 1 fully saturated rings. The standard InChI is InChI=1S/C24H35N3O3/c1-24(2,3)30-23(29)26-20(22(28)25-18-11-7-5-6-8-12-18)15-17-16-27(4)21-14-10-9-13-19(17)21/h9-10,13-14,16,18,20H,5-8,11-12,15H2,1-4H3,(H,25,28)(H,26,29)/t20-/m0/s1. The molecule has 1 aliphatic rings. The normalized spacial score (nSPS) is 16.7. The van der Waals surface area contributed by atoms with Crippen LogP contribution in [0.25, 0.3) is 10.9 Å². The summed E-state index contributed by atoms with van der Waals surface area (Å²) in [6.45, 7) is 5.45. The lowest BCUT2D eigenvalue weighted by atomic mass is 10.0. The molecule has 1 atom stereocenters. The van der Waals surface area contributed by atoms with E-state index in [0.717, 1.165) is 42.1 Å². The number of nitrogens with one attached hydrogen (secondary N) is 2. The van der Waals surface area contributed by atoms with Crippen LogP contribution in [0.4, 0.5) is 4.79 Å². The first-order valence-electron chi connectivity index (χ1n) is 11.1. The Labute approximate surface area is 179 Å². The average Bonchev–Trinajstić information content (AvgIpc) is 2.83. The minimum Gasteiger partial charge on any atom is -0.444 e. The fraction of sp³-hybridized carbons (Fsp3) is 0.583. The summed E-state index contributed by atoms with van der Waals surface area (Å²) in [5.41, 5.74) is 1.52. The zero-order chi connectivity index (χ0) is 21.7. The number of rotatable bonds is 5. The van der Waals surface area contributed by atoms with Crippen molar-refractivity contribution in [2.45, 2.75) is 83.4 Å². The van der Waals surface area contributed by atoms with Gasteiger partial charge in [0.1, 0.15) is 11.6 Å². The van der Waals surface area contributed by atoms with Crippen molar-refractivity contribution in [2.75, 3.05) is 0 Å². The molecular weight excluding hydrogens is 378 g/mol. The third-order valence-electron chi connectivity index (χ3n) is 5.61. The monoisotopic (exact) mass is 413 g/mol. The van der Waals surface area contributed by atoms with Gasteiger partial charge < -0.3 is 19.9 Å². The Kier molecular flexibility index (Phi) is 7.06. The van der Waals surface area contributed by atoms with Gasteiger partial charge in [0.25, 0.3) is 0 Å². The molecule has 2 N–H and O–H groups in total. The molecule has 1 aliphatic carbocycles. The van der Waals surface area contributed by atoms with Gasteiger partial charge in [0.2, 0.25) is 5.91 Å². The van der Waals surface area contributed by atoms with Gasteiger partial charge in [-0.05, 0) is 45.2 Å². The summed E-state index contributed by atoms with van der Waals surface area (Å²) in [6.07, 6.45) is 8.61. The second kappa shape index (κ2) is 9.54. The highest BCUT2D eigenvalue weighted by Gasteiger charge is 2.27. The number of nitrogens with zero attached hydrogens (tertiary/aromatic N) is 1. The lowest BCUT2D eigenvalue weighted by molar-refractivity contribution is -0.124. The molecule has 0 aliphatic heterocycles. The van der Waals surface area contributed by atoms with Crippen LogP contribution in [-0.2, 0) is 23.0 Å². The molecule has 0 saturated heterocycles. The van der Waals surface area contributed by atoms with Crippen LogP contribution in [0.3, 0.4) is 0 Å². The summed E-state index contributed by atoms with van der Waals surface area (Å²) in [4.78, 5) is 25.6. The first kappa shape index (κ1) is 22.2. The number of para-hydroxylation sites is 1. The van der Waals surface area contributed by atoms with E-state index in [0.29, 0.717) is 6.42 Å². The molecule has 0 spiro atoms. The van der Waals surface area contributed by atoms with Gasteiger partial charge in [-0.1, -0.05) is 43.9 Å². The largest absolute Gasteiger partial charge is 0.444 e. The van der Waals surface area contributed by atoms with Gasteiger partial charge in [-0.25, -0.2) is 4.79 Å². The van der Waals surface area contributed by atoms with Gasteiger partial charge in [0, 0.05) is 36.6 Å². The van der Waals surface area contributed by atoms with E-state index in [9.17, 15) is 9.59 Å². The maximum absolute atomic E-state index is 13.2. The van der Waals surface area contributed by atoms with Crippen molar-refractivity contribution in [1.82, 2.24) is 15.2 Å². The van der Waals surface area contributed by atoms with Crippen molar-refractivity contribution < 1.29 is 14.3 Å². The zero-order valence-electron chi connectivity index (χ0n) is 18.7. The van der Waals surface area contributed by atoms with Crippen molar-refractivity contribution in [1.29, 1.82) is 0 Å². The Bertz CT molecular complexity index is 873. The number of carbonyl (C=O) groups is 2. The molecular formula is C24H35N3O3. The number of benzene rings is 1. The van der Waals surface area contributed by atoms with E-state index in [2.05, 4.69) is 27.3 Å². The lowest BCUT2D eigenvalue weighted by Gasteiger charge is -2.25. The Morgan fingerprint density at radius 3 is 2.47 bits per heavy atom. The number of amides is 2. The predicted molar refractivity (Wildman–Crippen MR) is 119 cm³/mol. The van der Waals surface area contributed by atoms with Crippen LogP contribution >= 0.6 is 0 Å². The van der Waals surface area contributed by atoms with Crippen LogP contribution in [0.1, 0.15) is 64.9 Å². The van der Waals surface area contributed by atoms with E-state index >= 15 is 0 Å². The van der Waals surface area contributed by atoms with Crippen LogP contribution in [0.5, 0.6) is 0 Å². The molecule has 0 bridgehead atoms. The van der Waals surface area contributed by atoms with Gasteiger partial charge in [-0.15, -0.1) is 0 Å². The van der Waals surface area contributed by atoms with Gasteiger partial charge in [0.05, 0.1) is 0 Å². The molecule has 3 rings (SSSR count). The zero-order valence-corrected chi connectivity index (χ0v) is 18.7. The second-order valence-corrected chi connectivity index (χ2v) is 9.38. The van der Waals surface area contributed by atoms with E-state index in [1.54, 1.807) is 0 Å². The van der Waals surface area contributed by atoms with Crippen LogP contribution in [0.15, 0.2) is 30.5 Å². The van der Waals surface area contributed by atoms with Crippen molar-refractivity contribution in [3.63, 3.8) is 0 Å². The number of fused-ring (bicyclic) bond motifs is 1. The Morgan fingerprint density at radius 1 is 1.13 bits per heavy atom. The smallest absolute Gasteiger partial charge is 0.408 e. The summed E-state index contributed by atoms with van der Waals surface area (Å²) in [5.74, 6) is -0.138. The fourth-order valence-corrected chi connectivity index (χ4v) is 4.19. The van der Waals surface area contributed by atoms with Crippen LogP contribution in [0, 0.1) is 0 Å². The van der Waals surface area contributed by atoms with Gasteiger partial charge in [-0.2, -0.15) is 0 Å². The van der Waals surface area contributed by atoms with E-state index in [-0.39, 0.29) is 11.9 Å². The predicted octanol–water partition coefficient (Wildman–Crippen LogP) is 4.45. The number of alkyl carbamates (subject to hydrolysis) is 1. The number of hydrogen-bond donors (Lipinski definition) is 2. The van der Waals surface area contributed by atoms with Crippen molar-refractivity contribution >= 4 is 22.9 Å². The highest BCUT2D eigenvalue weighted by molar-refractivity contribution is 5.88. The SMILES string of the molecule is Cn1cc(C[C@H](NC(=O)OC(C)(C)C)C(=O)NC2CCCCCC2)c2ccccc21. The Hall–Kier alpha value is -2.50. The number of carbonyl (C=O) groups excluding carboxylic acids is 2. The van der Waals surface area contributed by atoms with Crippen molar-refractivity contribution in [3.05, 3.63) is 36.0 Å². The van der Waals surface area contributed by atoms with E-state index < -0.39 is 17.7 Å². The Balaban J connectivity index is 1.79. The Morgan fingerprint density at radius 2 is 1.80 bits per heavy atom. The van der Waals surface area contributed by atoms with E-state index in [1.807, 2.05) is 46.1 Å². The molecule has 30 heavy (non-hydrogen) atoms. The molecule has 0 radical (unpaired) electrons. The minimum atomic E-state index is -0.686. The summed E-state index contributed by atoms with van der Waals surface area (Å²) in [5, 5.41) is 7.10. The number of aryl methyl sites for hydroxylation is 1. The number of aromatic nitrogens is 1. The summed E-state index contributed by atoms with van der Waals surface area (Å²) in [6, 6.07) is 7.60. The number of hydrogen-bond acceptors (Lipinski definition) is 3. The molecule has 1 aromatic carbocycles.